The zero-order chi connectivity index (χ0) is 23.4. The van der Waals surface area contributed by atoms with Gasteiger partial charge in [-0.05, 0) is 42.9 Å². The Morgan fingerprint density at radius 1 is 0.970 bits per heavy atom. The van der Waals surface area contributed by atoms with Crippen molar-refractivity contribution in [1.82, 2.24) is 14.9 Å². The molecule has 2 N–H and O–H groups in total. The van der Waals surface area contributed by atoms with Gasteiger partial charge in [0.1, 0.15) is 5.02 Å². The predicted molar refractivity (Wildman–Crippen MR) is 126 cm³/mol. The van der Waals surface area contributed by atoms with E-state index in [0.717, 1.165) is 50.2 Å². The Morgan fingerprint density at radius 3 is 2.33 bits per heavy atom. The van der Waals surface area contributed by atoms with Crippen molar-refractivity contribution in [3.63, 3.8) is 0 Å². The summed E-state index contributed by atoms with van der Waals surface area (Å²) in [6.45, 7) is 7.29. The number of alkyl halides is 3. The molecule has 0 amide bonds. The first-order valence-corrected chi connectivity index (χ1v) is 11.0. The van der Waals surface area contributed by atoms with Crippen LogP contribution in [0.3, 0.4) is 0 Å². The Balaban J connectivity index is 1.47. The molecule has 0 saturated carbocycles. The second-order valence-electron chi connectivity index (χ2n) is 7.65. The van der Waals surface area contributed by atoms with Gasteiger partial charge in [0.05, 0.1) is 17.4 Å². The number of anilines is 5. The molecule has 4 rings (SSSR count). The first-order valence-electron chi connectivity index (χ1n) is 10.6. The summed E-state index contributed by atoms with van der Waals surface area (Å²) in [6, 6.07) is 13.1. The number of halogens is 4. The smallest absolute Gasteiger partial charge is 0.369 e. The van der Waals surface area contributed by atoms with Crippen molar-refractivity contribution in [3.8, 4) is 0 Å². The summed E-state index contributed by atoms with van der Waals surface area (Å²) in [4.78, 5) is 13.2. The van der Waals surface area contributed by atoms with E-state index in [9.17, 15) is 13.2 Å². The molecule has 0 unspecified atom stereocenters. The number of aromatic nitrogens is 2. The summed E-state index contributed by atoms with van der Waals surface area (Å²) in [5.41, 5.74) is 0.961. The molecule has 0 aliphatic carbocycles. The van der Waals surface area contributed by atoms with E-state index >= 15 is 0 Å². The third-order valence-electron chi connectivity index (χ3n) is 5.54. The second-order valence-corrected chi connectivity index (χ2v) is 8.06. The van der Waals surface area contributed by atoms with Crippen molar-refractivity contribution in [2.24, 2.45) is 0 Å². The summed E-state index contributed by atoms with van der Waals surface area (Å²) < 4.78 is 39.9. The van der Waals surface area contributed by atoms with Crippen LogP contribution in [0.5, 0.6) is 0 Å². The molecule has 0 atom stereocenters. The molecule has 1 saturated heterocycles. The standard InChI is InChI=1S/C23H24ClF3N6/c1-2-32-11-13-33(14-12-32)17-9-7-16(8-10-17)29-22-28-15-19(24)21(31-22)30-20-6-4-3-5-18(20)23(25,26)27/h3-10,15H,2,11-14H2,1H3,(H2,28,29,30,31). The van der Waals surface area contributed by atoms with Gasteiger partial charge in [0, 0.05) is 37.6 Å². The Labute approximate surface area is 195 Å². The minimum absolute atomic E-state index is 0.0799. The molecule has 2 heterocycles. The minimum Gasteiger partial charge on any atom is -0.369 e. The predicted octanol–water partition coefficient (Wildman–Crippen LogP) is 5.78. The summed E-state index contributed by atoms with van der Waals surface area (Å²) in [5, 5.41) is 5.87. The quantitative estimate of drug-likeness (QED) is 0.470. The van der Waals surface area contributed by atoms with Crippen LogP contribution in [0.15, 0.2) is 54.7 Å². The van der Waals surface area contributed by atoms with Crippen LogP contribution in [0.1, 0.15) is 12.5 Å². The molecule has 1 aliphatic heterocycles. The Morgan fingerprint density at radius 2 is 1.67 bits per heavy atom. The van der Waals surface area contributed by atoms with Crippen molar-refractivity contribution in [2.45, 2.75) is 13.1 Å². The lowest BCUT2D eigenvalue weighted by Crippen LogP contribution is -2.46. The van der Waals surface area contributed by atoms with E-state index in [4.69, 9.17) is 11.6 Å². The summed E-state index contributed by atoms with van der Waals surface area (Å²) in [5.74, 6) is 0.298. The monoisotopic (exact) mass is 476 g/mol. The normalized spacial score (nSPS) is 14.9. The van der Waals surface area contributed by atoms with Crippen molar-refractivity contribution < 1.29 is 13.2 Å². The highest BCUT2D eigenvalue weighted by Gasteiger charge is 2.33. The van der Waals surface area contributed by atoms with E-state index in [1.54, 1.807) is 0 Å². The highest BCUT2D eigenvalue weighted by molar-refractivity contribution is 6.32. The molecule has 2 aromatic carbocycles. The van der Waals surface area contributed by atoms with Crippen LogP contribution in [0.2, 0.25) is 5.02 Å². The van der Waals surface area contributed by atoms with Crippen molar-refractivity contribution in [2.75, 3.05) is 48.3 Å². The van der Waals surface area contributed by atoms with Crippen molar-refractivity contribution >= 4 is 40.4 Å². The molecule has 0 bridgehead atoms. The molecule has 174 valence electrons. The van der Waals surface area contributed by atoms with Gasteiger partial charge in [0.25, 0.3) is 0 Å². The number of likely N-dealkylation sites (N-methyl/N-ethyl adjacent to an activating group) is 1. The van der Waals surface area contributed by atoms with Gasteiger partial charge in [-0.1, -0.05) is 30.7 Å². The van der Waals surface area contributed by atoms with Crippen LogP contribution in [0, 0.1) is 0 Å². The first-order chi connectivity index (χ1) is 15.8. The molecule has 1 aromatic heterocycles. The molecule has 1 fully saturated rings. The van der Waals surface area contributed by atoms with E-state index < -0.39 is 11.7 Å². The van der Waals surface area contributed by atoms with Gasteiger partial charge >= 0.3 is 6.18 Å². The molecular weight excluding hydrogens is 453 g/mol. The van der Waals surface area contributed by atoms with Crippen LogP contribution in [0.25, 0.3) is 0 Å². The van der Waals surface area contributed by atoms with Gasteiger partial charge in [0.15, 0.2) is 5.82 Å². The lowest BCUT2D eigenvalue weighted by molar-refractivity contribution is -0.136. The fourth-order valence-electron chi connectivity index (χ4n) is 3.69. The Kier molecular flexibility index (Phi) is 6.90. The summed E-state index contributed by atoms with van der Waals surface area (Å²) in [6.07, 6.45) is -3.16. The number of benzene rings is 2. The third-order valence-corrected chi connectivity index (χ3v) is 5.81. The molecule has 10 heteroatoms. The van der Waals surface area contributed by atoms with Crippen LogP contribution >= 0.6 is 11.6 Å². The zero-order valence-corrected chi connectivity index (χ0v) is 18.8. The number of rotatable bonds is 6. The molecular formula is C23H24ClF3N6. The van der Waals surface area contributed by atoms with E-state index in [-0.39, 0.29) is 22.5 Å². The molecule has 1 aliphatic rings. The number of nitrogens with one attached hydrogen (secondary N) is 2. The number of nitrogens with zero attached hydrogens (tertiary/aromatic N) is 4. The minimum atomic E-state index is -4.50. The zero-order valence-electron chi connectivity index (χ0n) is 18.0. The van der Waals surface area contributed by atoms with Gasteiger partial charge in [-0.25, -0.2) is 4.98 Å². The number of hydrogen-bond donors (Lipinski definition) is 2. The summed E-state index contributed by atoms with van der Waals surface area (Å²) in [7, 11) is 0. The molecule has 6 nitrogen and oxygen atoms in total. The van der Waals surface area contributed by atoms with Crippen LogP contribution in [-0.4, -0.2) is 47.6 Å². The first kappa shape index (κ1) is 23.1. The van der Waals surface area contributed by atoms with Crippen LogP contribution in [-0.2, 0) is 6.18 Å². The fraction of sp³-hybridized carbons (Fsp3) is 0.304. The average molecular weight is 477 g/mol. The maximum atomic E-state index is 13.3. The van der Waals surface area contributed by atoms with E-state index in [0.29, 0.717) is 0 Å². The lowest BCUT2D eigenvalue weighted by atomic mass is 10.1. The van der Waals surface area contributed by atoms with Crippen molar-refractivity contribution in [1.29, 1.82) is 0 Å². The van der Waals surface area contributed by atoms with Gasteiger partial charge in [-0.2, -0.15) is 18.2 Å². The lowest BCUT2D eigenvalue weighted by Gasteiger charge is -2.35. The largest absolute Gasteiger partial charge is 0.418 e. The number of piperazine rings is 1. The van der Waals surface area contributed by atoms with E-state index in [1.165, 1.54) is 24.4 Å². The summed E-state index contributed by atoms with van der Waals surface area (Å²) >= 11 is 6.14. The van der Waals surface area contributed by atoms with Gasteiger partial charge in [0.2, 0.25) is 5.95 Å². The fourth-order valence-corrected chi connectivity index (χ4v) is 3.83. The second kappa shape index (κ2) is 9.84. The van der Waals surface area contributed by atoms with Gasteiger partial charge < -0.3 is 20.4 Å². The highest BCUT2D eigenvalue weighted by Crippen LogP contribution is 2.36. The average Bonchev–Trinajstić information content (AvgIpc) is 2.81. The topological polar surface area (TPSA) is 56.3 Å². The molecule has 0 radical (unpaired) electrons. The van der Waals surface area contributed by atoms with Crippen LogP contribution < -0.4 is 15.5 Å². The third kappa shape index (κ3) is 5.66. The SMILES string of the molecule is CCN1CCN(c2ccc(Nc3ncc(Cl)c(Nc4ccccc4C(F)(F)F)n3)cc2)CC1. The molecule has 0 spiro atoms. The van der Waals surface area contributed by atoms with Gasteiger partial charge in [-0.3, -0.25) is 0 Å². The van der Waals surface area contributed by atoms with E-state index in [2.05, 4.69) is 37.3 Å². The Bertz CT molecular complexity index is 1080. The maximum Gasteiger partial charge on any atom is 0.418 e. The molecule has 33 heavy (non-hydrogen) atoms. The van der Waals surface area contributed by atoms with Crippen LogP contribution in [0.4, 0.5) is 42.0 Å². The Hall–Kier alpha value is -3.04. The number of hydrogen-bond acceptors (Lipinski definition) is 6. The number of para-hydroxylation sites is 1. The van der Waals surface area contributed by atoms with Crippen molar-refractivity contribution in [3.05, 3.63) is 65.3 Å². The molecule has 3 aromatic rings. The highest BCUT2D eigenvalue weighted by atomic mass is 35.5. The van der Waals surface area contributed by atoms with E-state index in [1.807, 2.05) is 24.3 Å². The van der Waals surface area contributed by atoms with Gasteiger partial charge in [-0.15, -0.1) is 0 Å². The maximum absolute atomic E-state index is 13.3.